The zero-order chi connectivity index (χ0) is 17.0. The third-order valence-corrected chi connectivity index (χ3v) is 3.56. The average molecular weight is 337 g/mol. The van der Waals surface area contributed by atoms with Crippen LogP contribution in [-0.4, -0.2) is 55.2 Å². The maximum absolute atomic E-state index is 15.1. The van der Waals surface area contributed by atoms with E-state index in [1.807, 2.05) is 0 Å². The quantitative estimate of drug-likeness (QED) is 0.649. The van der Waals surface area contributed by atoms with Gasteiger partial charge in [0, 0.05) is 0 Å². The van der Waals surface area contributed by atoms with Crippen LogP contribution in [0.2, 0.25) is 0 Å². The zero-order valence-corrected chi connectivity index (χ0v) is 11.3. The molecule has 1 aliphatic rings. The molecule has 3 heterocycles. The molecular weight excluding hydrogens is 326 g/mol. The van der Waals surface area contributed by atoms with E-state index in [9.17, 15) is 18.3 Å². The van der Waals surface area contributed by atoms with E-state index in [1.54, 1.807) is 0 Å². The van der Waals surface area contributed by atoms with Gasteiger partial charge in [-0.25, -0.2) is 19.3 Å². The molecule has 0 saturated carbocycles. The van der Waals surface area contributed by atoms with E-state index in [-0.39, 0.29) is 5.52 Å². The summed E-state index contributed by atoms with van der Waals surface area (Å²) in [5, 5.41) is 18.9. The molecule has 0 unspecified atom stereocenters. The second-order valence-corrected chi connectivity index (χ2v) is 5.01. The summed E-state index contributed by atoms with van der Waals surface area (Å²) in [5.41, 5.74) is 4.64. The number of ether oxygens (including phenoxy) is 1. The SMILES string of the molecule is Nc1nc(C(F)(F)F)nc2c1ncn2[C@]1(F)CO[C@H](CO)[C@H]1O. The van der Waals surface area contributed by atoms with Gasteiger partial charge in [0.05, 0.1) is 12.9 Å². The Morgan fingerprint density at radius 1 is 1.43 bits per heavy atom. The minimum absolute atomic E-state index is 0.241. The number of rotatable bonds is 2. The minimum Gasteiger partial charge on any atom is -0.394 e. The number of fused-ring (bicyclic) bond motifs is 1. The van der Waals surface area contributed by atoms with Gasteiger partial charge in [-0.1, -0.05) is 0 Å². The third-order valence-electron chi connectivity index (χ3n) is 3.56. The Kier molecular flexibility index (Phi) is 3.42. The van der Waals surface area contributed by atoms with Crippen molar-refractivity contribution in [3.8, 4) is 0 Å². The van der Waals surface area contributed by atoms with Crippen molar-refractivity contribution in [2.75, 3.05) is 18.9 Å². The molecule has 2 aromatic rings. The Morgan fingerprint density at radius 2 is 2.13 bits per heavy atom. The number of nitrogen functional groups attached to an aromatic ring is 1. The number of alkyl halides is 4. The van der Waals surface area contributed by atoms with E-state index in [1.165, 1.54) is 0 Å². The molecule has 1 fully saturated rings. The van der Waals surface area contributed by atoms with Gasteiger partial charge in [0.15, 0.2) is 11.5 Å². The summed E-state index contributed by atoms with van der Waals surface area (Å²) >= 11 is 0. The third kappa shape index (κ3) is 2.29. The van der Waals surface area contributed by atoms with Gasteiger partial charge < -0.3 is 20.7 Å². The van der Waals surface area contributed by atoms with E-state index >= 15 is 4.39 Å². The minimum atomic E-state index is -4.89. The van der Waals surface area contributed by atoms with Crippen molar-refractivity contribution in [3.63, 3.8) is 0 Å². The molecule has 126 valence electrons. The first kappa shape index (κ1) is 15.8. The average Bonchev–Trinajstić information content (AvgIpc) is 3.02. The fourth-order valence-corrected chi connectivity index (χ4v) is 2.37. The summed E-state index contributed by atoms with van der Waals surface area (Å²) in [7, 11) is 0. The van der Waals surface area contributed by atoms with Crippen molar-refractivity contribution < 1.29 is 32.5 Å². The maximum atomic E-state index is 15.1. The topological polar surface area (TPSA) is 119 Å². The fraction of sp³-hybridized carbons (Fsp3) is 0.545. The number of hydrogen-bond donors (Lipinski definition) is 3. The monoisotopic (exact) mass is 337 g/mol. The number of nitrogens with two attached hydrogens (primary N) is 1. The van der Waals surface area contributed by atoms with Gasteiger partial charge in [0.2, 0.25) is 11.6 Å². The molecule has 3 rings (SSSR count). The van der Waals surface area contributed by atoms with Gasteiger partial charge in [-0.15, -0.1) is 0 Å². The Hall–Kier alpha value is -2.05. The lowest BCUT2D eigenvalue weighted by atomic mass is 10.1. The standard InChI is InChI=1S/C11H11F4N5O3/c12-10(2-23-4(1-21)6(10)22)20-3-17-5-7(16)18-9(11(13,14)15)19-8(5)20/h3-4,6,21-22H,1-2H2,(H2,16,18,19)/t4-,6-,10-/m1/s1. The summed E-state index contributed by atoms with van der Waals surface area (Å²) in [6.45, 7) is -1.36. The van der Waals surface area contributed by atoms with Gasteiger partial charge >= 0.3 is 6.18 Å². The van der Waals surface area contributed by atoms with Crippen LogP contribution >= 0.6 is 0 Å². The lowest BCUT2D eigenvalue weighted by Crippen LogP contribution is -2.43. The normalized spacial score (nSPS) is 28.6. The number of nitrogens with zero attached hydrogens (tertiary/aromatic N) is 4. The van der Waals surface area contributed by atoms with E-state index in [2.05, 4.69) is 15.0 Å². The lowest BCUT2D eigenvalue weighted by Gasteiger charge is -2.25. The van der Waals surface area contributed by atoms with Crippen LogP contribution in [-0.2, 0) is 16.7 Å². The first-order chi connectivity index (χ1) is 10.7. The van der Waals surface area contributed by atoms with E-state index in [0.29, 0.717) is 4.57 Å². The molecule has 1 saturated heterocycles. The summed E-state index contributed by atoms with van der Waals surface area (Å²) in [4.78, 5) is 10.0. The number of hydrogen-bond acceptors (Lipinski definition) is 7. The molecule has 0 radical (unpaired) electrons. The number of aliphatic hydroxyl groups excluding tert-OH is 2. The molecule has 2 aromatic heterocycles. The molecule has 0 aromatic carbocycles. The van der Waals surface area contributed by atoms with Gasteiger partial charge in [0.25, 0.3) is 0 Å². The molecule has 0 spiro atoms. The molecule has 1 aliphatic heterocycles. The van der Waals surface area contributed by atoms with Crippen LogP contribution < -0.4 is 5.73 Å². The first-order valence-corrected chi connectivity index (χ1v) is 6.36. The maximum Gasteiger partial charge on any atom is 0.451 e. The summed E-state index contributed by atoms with van der Waals surface area (Å²) in [6.07, 6.45) is -7.09. The Labute approximate surface area is 125 Å². The van der Waals surface area contributed by atoms with Crippen LogP contribution in [0.25, 0.3) is 11.2 Å². The van der Waals surface area contributed by atoms with Crippen molar-refractivity contribution >= 4 is 17.0 Å². The van der Waals surface area contributed by atoms with E-state index in [0.717, 1.165) is 6.33 Å². The van der Waals surface area contributed by atoms with Crippen LogP contribution in [0, 0.1) is 0 Å². The highest BCUT2D eigenvalue weighted by atomic mass is 19.4. The largest absolute Gasteiger partial charge is 0.451 e. The second kappa shape index (κ2) is 4.97. The lowest BCUT2D eigenvalue weighted by molar-refractivity contribution is -0.144. The van der Waals surface area contributed by atoms with Crippen LogP contribution in [0.5, 0.6) is 0 Å². The molecule has 0 aliphatic carbocycles. The molecule has 0 amide bonds. The summed E-state index contributed by atoms with van der Waals surface area (Å²) in [6, 6.07) is 0. The molecule has 23 heavy (non-hydrogen) atoms. The number of aliphatic hydroxyl groups is 2. The fourth-order valence-electron chi connectivity index (χ4n) is 2.37. The number of aromatic nitrogens is 4. The van der Waals surface area contributed by atoms with Crippen molar-refractivity contribution in [1.29, 1.82) is 0 Å². The Morgan fingerprint density at radius 3 is 2.70 bits per heavy atom. The van der Waals surface area contributed by atoms with Gasteiger partial charge in [0.1, 0.15) is 24.3 Å². The second-order valence-electron chi connectivity index (χ2n) is 5.01. The molecular formula is C11H11F4N5O3. The number of imidazole rings is 1. The Bertz CT molecular complexity index is 751. The van der Waals surface area contributed by atoms with E-state index in [4.69, 9.17) is 15.6 Å². The Balaban J connectivity index is 2.18. The van der Waals surface area contributed by atoms with Crippen LogP contribution in [0.15, 0.2) is 6.33 Å². The van der Waals surface area contributed by atoms with Gasteiger partial charge in [-0.2, -0.15) is 13.2 Å². The molecule has 12 heteroatoms. The molecule has 3 atom stereocenters. The molecule has 4 N–H and O–H groups in total. The van der Waals surface area contributed by atoms with Gasteiger partial charge in [-0.05, 0) is 0 Å². The summed E-state index contributed by atoms with van der Waals surface area (Å²) < 4.78 is 58.9. The van der Waals surface area contributed by atoms with E-state index < -0.39 is 54.7 Å². The van der Waals surface area contributed by atoms with Crippen LogP contribution in [0.3, 0.4) is 0 Å². The first-order valence-electron chi connectivity index (χ1n) is 6.36. The van der Waals surface area contributed by atoms with Crippen LogP contribution in [0.4, 0.5) is 23.4 Å². The van der Waals surface area contributed by atoms with Crippen molar-refractivity contribution in [1.82, 2.24) is 19.5 Å². The van der Waals surface area contributed by atoms with Crippen molar-refractivity contribution in [3.05, 3.63) is 12.2 Å². The van der Waals surface area contributed by atoms with Gasteiger partial charge in [-0.3, -0.25) is 4.57 Å². The smallest absolute Gasteiger partial charge is 0.394 e. The number of halogens is 4. The predicted octanol–water partition coefficient (Wildman–Crippen LogP) is -0.198. The molecule has 8 nitrogen and oxygen atoms in total. The number of anilines is 1. The van der Waals surface area contributed by atoms with Crippen LogP contribution in [0.1, 0.15) is 5.82 Å². The molecule has 0 bridgehead atoms. The summed E-state index contributed by atoms with van der Waals surface area (Å²) in [5.74, 6) is -4.78. The van der Waals surface area contributed by atoms with Crippen molar-refractivity contribution in [2.45, 2.75) is 24.2 Å². The predicted molar refractivity (Wildman–Crippen MR) is 66.7 cm³/mol. The highest BCUT2D eigenvalue weighted by Crippen LogP contribution is 2.37. The zero-order valence-electron chi connectivity index (χ0n) is 11.3. The highest BCUT2D eigenvalue weighted by molar-refractivity contribution is 5.81. The highest BCUT2D eigenvalue weighted by Gasteiger charge is 2.52. The van der Waals surface area contributed by atoms with Crippen molar-refractivity contribution in [2.24, 2.45) is 0 Å².